The van der Waals surface area contributed by atoms with E-state index in [1.54, 1.807) is 0 Å². The minimum absolute atomic E-state index is 0.0179. The number of aromatic nitrogens is 2. The number of hydrogen-bond donors (Lipinski definition) is 1. The Morgan fingerprint density at radius 2 is 2.08 bits per heavy atom. The Kier molecular flexibility index (Phi) is 4.43. The summed E-state index contributed by atoms with van der Waals surface area (Å²) >= 11 is 0. The number of rotatable bonds is 3. The van der Waals surface area contributed by atoms with Gasteiger partial charge in [-0.05, 0) is 64.3 Å². The molecule has 0 aliphatic carbocycles. The van der Waals surface area contributed by atoms with Gasteiger partial charge in [-0.25, -0.2) is 4.79 Å². The first-order chi connectivity index (χ1) is 11.7. The van der Waals surface area contributed by atoms with Crippen LogP contribution in [-0.4, -0.2) is 33.1 Å². The SMILES string of the molecule is C=C(OC(C)(C)C)N1CCC(n2c(=O)[nH]c3ccc(C)cc32)C(C)C1. The summed E-state index contributed by atoms with van der Waals surface area (Å²) < 4.78 is 7.86. The van der Waals surface area contributed by atoms with Crippen molar-refractivity contribution < 1.29 is 4.74 Å². The van der Waals surface area contributed by atoms with Gasteiger partial charge in [-0.1, -0.05) is 13.0 Å². The molecule has 2 heterocycles. The van der Waals surface area contributed by atoms with Gasteiger partial charge in [-0.2, -0.15) is 0 Å². The van der Waals surface area contributed by atoms with Crippen LogP contribution >= 0.6 is 0 Å². The maximum Gasteiger partial charge on any atom is 0.326 e. The van der Waals surface area contributed by atoms with E-state index in [4.69, 9.17) is 4.74 Å². The maximum atomic E-state index is 12.5. The summed E-state index contributed by atoms with van der Waals surface area (Å²) in [7, 11) is 0. The summed E-state index contributed by atoms with van der Waals surface area (Å²) in [6, 6.07) is 6.29. The van der Waals surface area contributed by atoms with Crippen molar-refractivity contribution in [3.63, 3.8) is 0 Å². The van der Waals surface area contributed by atoms with Crippen LogP contribution in [0.5, 0.6) is 0 Å². The van der Waals surface area contributed by atoms with Gasteiger partial charge < -0.3 is 14.6 Å². The fourth-order valence-electron chi connectivity index (χ4n) is 3.72. The van der Waals surface area contributed by atoms with Gasteiger partial charge in [-0.15, -0.1) is 0 Å². The summed E-state index contributed by atoms with van der Waals surface area (Å²) in [6.07, 6.45) is 0.897. The molecule has 2 atom stereocenters. The van der Waals surface area contributed by atoms with Crippen LogP contribution in [0.15, 0.2) is 35.5 Å². The number of hydrogen-bond acceptors (Lipinski definition) is 3. The third kappa shape index (κ3) is 3.60. The second kappa shape index (κ2) is 6.28. The van der Waals surface area contributed by atoms with Crippen molar-refractivity contribution >= 4 is 11.0 Å². The molecule has 1 aliphatic rings. The predicted molar refractivity (Wildman–Crippen MR) is 102 cm³/mol. The molecule has 0 bridgehead atoms. The quantitative estimate of drug-likeness (QED) is 0.862. The predicted octanol–water partition coefficient (Wildman–Crippen LogP) is 3.81. The molecule has 5 heteroatoms. The molecular weight excluding hydrogens is 314 g/mol. The average molecular weight is 343 g/mol. The first-order valence-electron chi connectivity index (χ1n) is 8.99. The highest BCUT2D eigenvalue weighted by molar-refractivity contribution is 5.76. The summed E-state index contributed by atoms with van der Waals surface area (Å²) in [6.45, 7) is 16.1. The molecule has 1 aromatic heterocycles. The van der Waals surface area contributed by atoms with Crippen molar-refractivity contribution in [1.29, 1.82) is 0 Å². The number of benzene rings is 1. The number of fused-ring (bicyclic) bond motifs is 1. The van der Waals surface area contributed by atoms with Gasteiger partial charge in [0.05, 0.1) is 11.0 Å². The first kappa shape index (κ1) is 17.6. The molecule has 2 aromatic rings. The van der Waals surface area contributed by atoms with Crippen molar-refractivity contribution in [3.8, 4) is 0 Å². The van der Waals surface area contributed by atoms with E-state index in [0.717, 1.165) is 42.0 Å². The number of nitrogens with zero attached hydrogens (tertiary/aromatic N) is 2. The summed E-state index contributed by atoms with van der Waals surface area (Å²) in [5.74, 6) is 1.05. The number of imidazole rings is 1. The lowest BCUT2D eigenvalue weighted by Crippen LogP contribution is -2.43. The number of piperidine rings is 1. The monoisotopic (exact) mass is 343 g/mol. The summed E-state index contributed by atoms with van der Waals surface area (Å²) in [5.41, 5.74) is 2.81. The summed E-state index contributed by atoms with van der Waals surface area (Å²) in [4.78, 5) is 17.7. The molecule has 1 fully saturated rings. The molecule has 136 valence electrons. The average Bonchev–Trinajstić information content (AvgIpc) is 2.81. The second-order valence-electron chi connectivity index (χ2n) is 8.21. The molecule has 2 unspecified atom stereocenters. The van der Waals surface area contributed by atoms with Gasteiger partial charge in [0, 0.05) is 19.1 Å². The van der Waals surface area contributed by atoms with E-state index in [1.165, 1.54) is 0 Å². The number of aromatic amines is 1. The van der Waals surface area contributed by atoms with E-state index < -0.39 is 0 Å². The van der Waals surface area contributed by atoms with Crippen LogP contribution in [0, 0.1) is 12.8 Å². The highest BCUT2D eigenvalue weighted by Crippen LogP contribution is 2.32. The zero-order valence-corrected chi connectivity index (χ0v) is 15.9. The van der Waals surface area contributed by atoms with E-state index in [-0.39, 0.29) is 17.3 Å². The molecular formula is C20H29N3O2. The molecule has 1 aromatic carbocycles. The molecule has 0 amide bonds. The molecule has 5 nitrogen and oxygen atoms in total. The lowest BCUT2D eigenvalue weighted by Gasteiger charge is -2.40. The van der Waals surface area contributed by atoms with E-state index >= 15 is 0 Å². The van der Waals surface area contributed by atoms with Crippen molar-refractivity contribution in [2.24, 2.45) is 5.92 Å². The maximum absolute atomic E-state index is 12.5. The van der Waals surface area contributed by atoms with Crippen molar-refractivity contribution in [2.45, 2.75) is 52.7 Å². The Morgan fingerprint density at radius 3 is 2.72 bits per heavy atom. The molecule has 0 saturated carbocycles. The van der Waals surface area contributed by atoms with Gasteiger partial charge in [0.15, 0.2) is 5.88 Å². The Morgan fingerprint density at radius 1 is 1.36 bits per heavy atom. The smallest absolute Gasteiger partial charge is 0.326 e. The number of ether oxygens (including phenoxy) is 1. The van der Waals surface area contributed by atoms with Gasteiger partial charge in [0.25, 0.3) is 0 Å². The molecule has 0 spiro atoms. The zero-order chi connectivity index (χ0) is 18.4. The van der Waals surface area contributed by atoms with E-state index in [2.05, 4.69) is 36.4 Å². The Hall–Kier alpha value is -2.17. The van der Waals surface area contributed by atoms with Crippen LogP contribution < -0.4 is 5.69 Å². The van der Waals surface area contributed by atoms with Gasteiger partial charge >= 0.3 is 5.69 Å². The lowest BCUT2D eigenvalue weighted by atomic mass is 9.93. The van der Waals surface area contributed by atoms with Crippen molar-refractivity contribution in [3.05, 3.63) is 46.7 Å². The molecule has 0 radical (unpaired) electrons. The van der Waals surface area contributed by atoms with E-state index in [1.807, 2.05) is 37.5 Å². The normalized spacial score (nSPS) is 21.6. The van der Waals surface area contributed by atoms with E-state index in [9.17, 15) is 4.79 Å². The van der Waals surface area contributed by atoms with Crippen molar-refractivity contribution in [1.82, 2.24) is 14.5 Å². The third-order valence-electron chi connectivity index (χ3n) is 4.84. The minimum atomic E-state index is -0.248. The van der Waals surface area contributed by atoms with Crippen LogP contribution in [0.4, 0.5) is 0 Å². The van der Waals surface area contributed by atoms with Crippen molar-refractivity contribution in [2.75, 3.05) is 13.1 Å². The van der Waals surface area contributed by atoms with Crippen LogP contribution in [0.25, 0.3) is 11.0 Å². The standard InChI is InChI=1S/C20H29N3O2/c1-13-7-8-16-18(11-13)23(19(24)21-16)17-9-10-22(12-14(17)2)15(3)25-20(4,5)6/h7-8,11,14,17H,3,9-10,12H2,1-2,4-6H3,(H,21,24). The molecule has 25 heavy (non-hydrogen) atoms. The number of nitrogens with one attached hydrogen (secondary N) is 1. The highest BCUT2D eigenvalue weighted by atomic mass is 16.5. The lowest BCUT2D eigenvalue weighted by molar-refractivity contribution is -0.0123. The van der Waals surface area contributed by atoms with Crippen LogP contribution in [0.1, 0.15) is 45.7 Å². The molecule has 1 aliphatic heterocycles. The minimum Gasteiger partial charge on any atom is -0.474 e. The topological polar surface area (TPSA) is 50.3 Å². The molecule has 1 N–H and O–H groups in total. The second-order valence-corrected chi connectivity index (χ2v) is 8.21. The number of H-pyrrole nitrogens is 1. The summed E-state index contributed by atoms with van der Waals surface area (Å²) in [5, 5.41) is 0. The van der Waals surface area contributed by atoms with Crippen LogP contribution in [-0.2, 0) is 4.74 Å². The molecule has 3 rings (SSSR count). The Balaban J connectivity index is 1.83. The Labute approximate surface area is 149 Å². The molecule has 1 saturated heterocycles. The fraction of sp³-hybridized carbons (Fsp3) is 0.550. The van der Waals surface area contributed by atoms with Gasteiger partial charge in [0.2, 0.25) is 0 Å². The third-order valence-corrected chi connectivity index (χ3v) is 4.84. The highest BCUT2D eigenvalue weighted by Gasteiger charge is 2.31. The Bertz CT molecular complexity index is 841. The van der Waals surface area contributed by atoms with Gasteiger partial charge in [0.1, 0.15) is 5.60 Å². The number of aryl methyl sites for hydroxylation is 1. The first-order valence-corrected chi connectivity index (χ1v) is 8.99. The fourth-order valence-corrected chi connectivity index (χ4v) is 3.72. The number of likely N-dealkylation sites (tertiary alicyclic amines) is 1. The van der Waals surface area contributed by atoms with Crippen LogP contribution in [0.3, 0.4) is 0 Å². The van der Waals surface area contributed by atoms with E-state index in [0.29, 0.717) is 5.92 Å². The van der Waals surface area contributed by atoms with Crippen LogP contribution in [0.2, 0.25) is 0 Å². The zero-order valence-electron chi connectivity index (χ0n) is 15.9. The largest absolute Gasteiger partial charge is 0.474 e. The van der Waals surface area contributed by atoms with Gasteiger partial charge in [-0.3, -0.25) is 4.57 Å².